The standard InChI is InChI=1S/C12H25NO2/c1-10(2)13-9-7-5-6-8-12(14)15-11(3)4/h10-11,13H,5-9H2,1-4H3. The lowest BCUT2D eigenvalue weighted by atomic mass is 10.2. The first-order valence-electron chi connectivity index (χ1n) is 5.95. The molecule has 90 valence electrons. The Labute approximate surface area is 93.6 Å². The van der Waals surface area contributed by atoms with Crippen LogP contribution in [0.1, 0.15) is 53.4 Å². The van der Waals surface area contributed by atoms with E-state index in [0.717, 1.165) is 25.8 Å². The van der Waals surface area contributed by atoms with Gasteiger partial charge >= 0.3 is 5.97 Å². The zero-order valence-electron chi connectivity index (χ0n) is 10.5. The van der Waals surface area contributed by atoms with E-state index in [0.29, 0.717) is 12.5 Å². The Morgan fingerprint density at radius 1 is 1.13 bits per heavy atom. The fourth-order valence-electron chi connectivity index (χ4n) is 1.28. The lowest BCUT2D eigenvalue weighted by Crippen LogP contribution is -2.23. The van der Waals surface area contributed by atoms with Crippen molar-refractivity contribution in [3.8, 4) is 0 Å². The van der Waals surface area contributed by atoms with Crippen molar-refractivity contribution in [3.63, 3.8) is 0 Å². The van der Waals surface area contributed by atoms with E-state index in [2.05, 4.69) is 19.2 Å². The number of esters is 1. The van der Waals surface area contributed by atoms with Gasteiger partial charge in [0.15, 0.2) is 0 Å². The number of hydrogen-bond acceptors (Lipinski definition) is 3. The van der Waals surface area contributed by atoms with Crippen molar-refractivity contribution in [2.75, 3.05) is 6.54 Å². The maximum absolute atomic E-state index is 11.2. The average molecular weight is 215 g/mol. The maximum Gasteiger partial charge on any atom is 0.306 e. The fraction of sp³-hybridized carbons (Fsp3) is 0.917. The lowest BCUT2D eigenvalue weighted by Gasteiger charge is -2.08. The summed E-state index contributed by atoms with van der Waals surface area (Å²) in [6.45, 7) is 9.08. The minimum atomic E-state index is -0.0678. The molecule has 0 atom stereocenters. The summed E-state index contributed by atoms with van der Waals surface area (Å²) >= 11 is 0. The molecular weight excluding hydrogens is 190 g/mol. The molecular formula is C12H25NO2. The van der Waals surface area contributed by atoms with E-state index in [1.54, 1.807) is 0 Å². The highest BCUT2D eigenvalue weighted by Gasteiger charge is 2.04. The third-order valence-electron chi connectivity index (χ3n) is 1.98. The molecule has 15 heavy (non-hydrogen) atoms. The van der Waals surface area contributed by atoms with Crippen molar-refractivity contribution >= 4 is 5.97 Å². The number of ether oxygens (including phenoxy) is 1. The van der Waals surface area contributed by atoms with E-state index in [9.17, 15) is 4.79 Å². The van der Waals surface area contributed by atoms with Crippen LogP contribution >= 0.6 is 0 Å². The van der Waals surface area contributed by atoms with Gasteiger partial charge in [0.1, 0.15) is 0 Å². The predicted octanol–water partition coefficient (Wildman–Crippen LogP) is 2.50. The van der Waals surface area contributed by atoms with Gasteiger partial charge in [-0.1, -0.05) is 20.3 Å². The second-order valence-corrected chi connectivity index (χ2v) is 4.46. The highest BCUT2D eigenvalue weighted by Crippen LogP contribution is 2.02. The van der Waals surface area contributed by atoms with Crippen LogP contribution in [-0.4, -0.2) is 24.7 Å². The molecule has 0 aliphatic carbocycles. The van der Waals surface area contributed by atoms with Crippen molar-refractivity contribution in [2.45, 2.75) is 65.5 Å². The zero-order chi connectivity index (χ0) is 11.7. The van der Waals surface area contributed by atoms with Gasteiger partial charge in [0.25, 0.3) is 0 Å². The Balaban J connectivity index is 3.20. The summed E-state index contributed by atoms with van der Waals surface area (Å²) in [6, 6.07) is 0.552. The van der Waals surface area contributed by atoms with Crippen molar-refractivity contribution in [2.24, 2.45) is 0 Å². The second kappa shape index (κ2) is 8.72. The van der Waals surface area contributed by atoms with Crippen molar-refractivity contribution < 1.29 is 9.53 Å². The van der Waals surface area contributed by atoms with Crippen molar-refractivity contribution in [1.29, 1.82) is 0 Å². The van der Waals surface area contributed by atoms with Crippen LogP contribution in [-0.2, 0) is 9.53 Å². The molecule has 0 rings (SSSR count). The summed E-state index contributed by atoms with van der Waals surface area (Å²) in [5.41, 5.74) is 0. The molecule has 0 unspecified atom stereocenters. The number of rotatable bonds is 8. The summed E-state index contributed by atoms with van der Waals surface area (Å²) in [5.74, 6) is -0.0678. The van der Waals surface area contributed by atoms with Gasteiger partial charge in [0.05, 0.1) is 6.10 Å². The van der Waals surface area contributed by atoms with Gasteiger partial charge in [-0.05, 0) is 33.2 Å². The first kappa shape index (κ1) is 14.4. The van der Waals surface area contributed by atoms with E-state index >= 15 is 0 Å². The molecule has 0 aliphatic heterocycles. The molecule has 3 nitrogen and oxygen atoms in total. The molecule has 0 amide bonds. The van der Waals surface area contributed by atoms with Crippen LogP contribution in [0.5, 0.6) is 0 Å². The minimum Gasteiger partial charge on any atom is -0.463 e. The molecule has 0 aromatic rings. The fourth-order valence-corrected chi connectivity index (χ4v) is 1.28. The van der Waals surface area contributed by atoms with Crippen LogP contribution in [0.4, 0.5) is 0 Å². The quantitative estimate of drug-likeness (QED) is 0.499. The van der Waals surface area contributed by atoms with Crippen LogP contribution in [0.3, 0.4) is 0 Å². The number of carbonyl (C=O) groups excluding carboxylic acids is 1. The third-order valence-corrected chi connectivity index (χ3v) is 1.98. The highest BCUT2D eigenvalue weighted by molar-refractivity contribution is 5.69. The molecule has 0 saturated carbocycles. The molecule has 1 N–H and O–H groups in total. The van der Waals surface area contributed by atoms with E-state index < -0.39 is 0 Å². The maximum atomic E-state index is 11.2. The Kier molecular flexibility index (Phi) is 8.38. The van der Waals surface area contributed by atoms with Crippen molar-refractivity contribution in [1.82, 2.24) is 5.32 Å². The van der Waals surface area contributed by atoms with Crippen LogP contribution in [0.15, 0.2) is 0 Å². The Bertz CT molecular complexity index is 167. The molecule has 3 heteroatoms. The molecule has 0 fully saturated rings. The van der Waals surface area contributed by atoms with Gasteiger partial charge < -0.3 is 10.1 Å². The topological polar surface area (TPSA) is 38.3 Å². The first-order valence-corrected chi connectivity index (χ1v) is 5.95. The van der Waals surface area contributed by atoms with E-state index in [1.165, 1.54) is 0 Å². The monoisotopic (exact) mass is 215 g/mol. The van der Waals surface area contributed by atoms with Gasteiger partial charge in [0.2, 0.25) is 0 Å². The summed E-state index contributed by atoms with van der Waals surface area (Å²) in [7, 11) is 0. The van der Waals surface area contributed by atoms with Crippen LogP contribution in [0.25, 0.3) is 0 Å². The SMILES string of the molecule is CC(C)NCCCCCC(=O)OC(C)C. The van der Waals surface area contributed by atoms with E-state index in [-0.39, 0.29) is 12.1 Å². The van der Waals surface area contributed by atoms with E-state index in [1.807, 2.05) is 13.8 Å². The number of unbranched alkanes of at least 4 members (excludes halogenated alkanes) is 2. The van der Waals surface area contributed by atoms with Crippen LogP contribution in [0.2, 0.25) is 0 Å². The number of nitrogens with one attached hydrogen (secondary N) is 1. The predicted molar refractivity (Wildman–Crippen MR) is 62.8 cm³/mol. The van der Waals surface area contributed by atoms with Gasteiger partial charge in [-0.15, -0.1) is 0 Å². The Morgan fingerprint density at radius 2 is 1.80 bits per heavy atom. The molecule has 0 aromatic carbocycles. The van der Waals surface area contributed by atoms with Gasteiger partial charge in [0, 0.05) is 12.5 Å². The van der Waals surface area contributed by atoms with Gasteiger partial charge in [-0.2, -0.15) is 0 Å². The molecule has 0 aliphatic rings. The third kappa shape index (κ3) is 11.4. The normalized spacial score (nSPS) is 11.1. The van der Waals surface area contributed by atoms with Gasteiger partial charge in [-0.25, -0.2) is 0 Å². The summed E-state index contributed by atoms with van der Waals surface area (Å²) in [6.07, 6.45) is 3.73. The largest absolute Gasteiger partial charge is 0.463 e. The number of hydrogen-bond donors (Lipinski definition) is 1. The zero-order valence-corrected chi connectivity index (χ0v) is 10.5. The number of carbonyl (C=O) groups is 1. The highest BCUT2D eigenvalue weighted by atomic mass is 16.5. The Morgan fingerprint density at radius 3 is 2.33 bits per heavy atom. The molecule has 0 saturated heterocycles. The minimum absolute atomic E-state index is 0.0140. The Hall–Kier alpha value is -0.570. The van der Waals surface area contributed by atoms with E-state index in [4.69, 9.17) is 4.74 Å². The summed E-state index contributed by atoms with van der Waals surface area (Å²) < 4.78 is 5.04. The molecule has 0 radical (unpaired) electrons. The summed E-state index contributed by atoms with van der Waals surface area (Å²) in [4.78, 5) is 11.2. The van der Waals surface area contributed by atoms with Crippen LogP contribution < -0.4 is 5.32 Å². The first-order chi connectivity index (χ1) is 7.02. The molecule has 0 aromatic heterocycles. The summed E-state index contributed by atoms with van der Waals surface area (Å²) in [5, 5.41) is 3.35. The average Bonchev–Trinajstić information content (AvgIpc) is 2.09. The lowest BCUT2D eigenvalue weighted by molar-refractivity contribution is -0.147. The molecule has 0 spiro atoms. The molecule has 0 bridgehead atoms. The van der Waals surface area contributed by atoms with Gasteiger partial charge in [-0.3, -0.25) is 4.79 Å². The van der Waals surface area contributed by atoms with Crippen LogP contribution in [0, 0.1) is 0 Å². The second-order valence-electron chi connectivity index (χ2n) is 4.46. The van der Waals surface area contributed by atoms with Crippen molar-refractivity contribution in [3.05, 3.63) is 0 Å². The molecule has 0 heterocycles. The smallest absolute Gasteiger partial charge is 0.306 e.